The first kappa shape index (κ1) is 17.6. The fourth-order valence-corrected chi connectivity index (χ4v) is 1.62. The first-order chi connectivity index (χ1) is 10.1. The molecule has 4 N–H and O–H groups in total. The zero-order chi connectivity index (χ0) is 16.9. The van der Waals surface area contributed by atoms with E-state index in [0.717, 1.165) is 10.8 Å². The number of carbonyl (C=O) groups is 1. The minimum absolute atomic E-state index is 0.0379. The molecule has 2 aromatic carbocycles. The van der Waals surface area contributed by atoms with Crippen molar-refractivity contribution in [3.63, 3.8) is 0 Å². The molecule has 0 amide bonds. The van der Waals surface area contributed by atoms with Crippen LogP contribution in [0.25, 0.3) is 10.8 Å². The molecule has 22 heavy (non-hydrogen) atoms. The fourth-order valence-electron chi connectivity index (χ4n) is 1.62. The standard InChI is InChI=1S/C13H12N2O2.CH4O3S/c1-8(16)17-12-5-4-9-6-11(13(14)15)3-2-10(9)7-12;1-5(2,3)4/h2-7H,1H3,(H3,14,15);1H3,(H,2,3,4). The van der Waals surface area contributed by atoms with Crippen molar-refractivity contribution in [1.82, 2.24) is 0 Å². The van der Waals surface area contributed by atoms with E-state index in [9.17, 15) is 13.2 Å². The molecule has 118 valence electrons. The molecule has 7 nitrogen and oxygen atoms in total. The summed E-state index contributed by atoms with van der Waals surface area (Å²) >= 11 is 0. The summed E-state index contributed by atoms with van der Waals surface area (Å²) in [5, 5.41) is 9.24. The minimum atomic E-state index is -3.67. The van der Waals surface area contributed by atoms with E-state index >= 15 is 0 Å². The third kappa shape index (κ3) is 6.33. The zero-order valence-corrected chi connectivity index (χ0v) is 12.8. The number of hydrogen-bond acceptors (Lipinski definition) is 5. The van der Waals surface area contributed by atoms with E-state index < -0.39 is 10.1 Å². The Morgan fingerprint density at radius 3 is 2.18 bits per heavy atom. The Bertz CT molecular complexity index is 807. The molecule has 0 radical (unpaired) electrons. The molecule has 0 bridgehead atoms. The van der Waals surface area contributed by atoms with Gasteiger partial charge in [0, 0.05) is 12.5 Å². The second kappa shape index (κ2) is 7.01. The smallest absolute Gasteiger partial charge is 0.308 e. The number of nitrogens with one attached hydrogen (secondary N) is 1. The predicted octanol–water partition coefficient (Wildman–Crippen LogP) is 1.55. The maximum atomic E-state index is 10.8. The number of ether oxygens (including phenoxy) is 1. The minimum Gasteiger partial charge on any atom is -0.427 e. The Balaban J connectivity index is 0.000000422. The number of benzene rings is 2. The zero-order valence-electron chi connectivity index (χ0n) is 12.0. The monoisotopic (exact) mass is 324 g/mol. The number of nitrogen functional groups attached to an aromatic ring is 1. The van der Waals surface area contributed by atoms with Crippen LogP contribution in [-0.2, 0) is 14.9 Å². The first-order valence-corrected chi connectivity index (χ1v) is 7.90. The lowest BCUT2D eigenvalue weighted by molar-refractivity contribution is -0.131. The van der Waals surface area contributed by atoms with Gasteiger partial charge in [-0.2, -0.15) is 8.42 Å². The van der Waals surface area contributed by atoms with Crippen LogP contribution in [0.15, 0.2) is 36.4 Å². The Labute approximate surface area is 128 Å². The van der Waals surface area contributed by atoms with Gasteiger partial charge >= 0.3 is 5.97 Å². The van der Waals surface area contributed by atoms with Crippen molar-refractivity contribution in [3.05, 3.63) is 42.0 Å². The van der Waals surface area contributed by atoms with Gasteiger partial charge in [-0.3, -0.25) is 14.8 Å². The van der Waals surface area contributed by atoms with Crippen LogP contribution in [0.4, 0.5) is 0 Å². The predicted molar refractivity (Wildman–Crippen MR) is 83.7 cm³/mol. The van der Waals surface area contributed by atoms with Crippen LogP contribution in [0, 0.1) is 5.41 Å². The Morgan fingerprint density at radius 2 is 1.68 bits per heavy atom. The highest BCUT2D eigenvalue weighted by Gasteiger charge is 2.02. The molecule has 0 unspecified atom stereocenters. The largest absolute Gasteiger partial charge is 0.427 e. The van der Waals surface area contributed by atoms with Crippen LogP contribution in [0.2, 0.25) is 0 Å². The van der Waals surface area contributed by atoms with E-state index in [0.29, 0.717) is 17.6 Å². The molecule has 0 fully saturated rings. The lowest BCUT2D eigenvalue weighted by atomic mass is 10.1. The van der Waals surface area contributed by atoms with E-state index in [4.69, 9.17) is 20.4 Å². The van der Waals surface area contributed by atoms with Gasteiger partial charge in [-0.25, -0.2) is 0 Å². The van der Waals surface area contributed by atoms with Crippen molar-refractivity contribution in [2.75, 3.05) is 6.26 Å². The van der Waals surface area contributed by atoms with E-state index in [1.807, 2.05) is 18.2 Å². The highest BCUT2D eigenvalue weighted by atomic mass is 32.2. The summed E-state index contributed by atoms with van der Waals surface area (Å²) in [5.74, 6) is 0.209. The molecular weight excluding hydrogens is 308 g/mol. The van der Waals surface area contributed by atoms with Crippen molar-refractivity contribution >= 4 is 32.7 Å². The average molecular weight is 324 g/mol. The second-order valence-corrected chi connectivity index (χ2v) is 5.93. The number of carbonyl (C=O) groups excluding carboxylic acids is 1. The maximum Gasteiger partial charge on any atom is 0.308 e. The van der Waals surface area contributed by atoms with E-state index in [1.54, 1.807) is 18.2 Å². The Kier molecular flexibility index (Phi) is 5.61. The fraction of sp³-hybridized carbons (Fsp3) is 0.143. The van der Waals surface area contributed by atoms with Gasteiger partial charge in [0.1, 0.15) is 11.6 Å². The van der Waals surface area contributed by atoms with E-state index in [2.05, 4.69) is 0 Å². The molecule has 0 saturated carbocycles. The number of rotatable bonds is 2. The van der Waals surface area contributed by atoms with Crippen molar-refractivity contribution in [2.24, 2.45) is 5.73 Å². The van der Waals surface area contributed by atoms with Crippen molar-refractivity contribution in [1.29, 1.82) is 5.41 Å². The highest BCUT2D eigenvalue weighted by molar-refractivity contribution is 7.85. The molecule has 0 spiro atoms. The summed E-state index contributed by atoms with van der Waals surface area (Å²) in [7, 11) is -3.67. The van der Waals surface area contributed by atoms with Gasteiger partial charge in [-0.1, -0.05) is 18.2 Å². The molecule has 8 heteroatoms. The van der Waals surface area contributed by atoms with Gasteiger partial charge < -0.3 is 10.5 Å². The SMILES string of the molecule is CC(=O)Oc1ccc2cc(C(=N)N)ccc2c1.CS(=O)(=O)O. The van der Waals surface area contributed by atoms with E-state index in [-0.39, 0.29) is 11.8 Å². The molecule has 0 heterocycles. The summed E-state index contributed by atoms with van der Waals surface area (Å²) < 4.78 is 30.9. The number of hydrogen-bond donors (Lipinski definition) is 3. The van der Waals surface area contributed by atoms with Crippen molar-refractivity contribution in [2.45, 2.75) is 6.92 Å². The van der Waals surface area contributed by atoms with Crippen molar-refractivity contribution in [3.8, 4) is 5.75 Å². The molecule has 0 aromatic heterocycles. The molecule has 0 saturated heterocycles. The maximum absolute atomic E-state index is 10.8. The molecule has 2 rings (SSSR count). The van der Waals surface area contributed by atoms with E-state index in [1.165, 1.54) is 6.92 Å². The molecule has 0 aliphatic carbocycles. The number of amidine groups is 1. The summed E-state index contributed by atoms with van der Waals surface area (Å²) in [6, 6.07) is 10.8. The van der Waals surface area contributed by atoms with Crippen molar-refractivity contribution < 1.29 is 22.5 Å². The lowest BCUT2D eigenvalue weighted by Crippen LogP contribution is -2.10. The number of nitrogens with two attached hydrogens (primary N) is 1. The topological polar surface area (TPSA) is 131 Å². The van der Waals surface area contributed by atoms with Gasteiger partial charge in [0.25, 0.3) is 10.1 Å². The summed E-state index contributed by atoms with van der Waals surface area (Å²) in [5.41, 5.74) is 6.09. The van der Waals surface area contributed by atoms with Gasteiger partial charge in [0.15, 0.2) is 0 Å². The normalized spacial score (nSPS) is 10.5. The van der Waals surface area contributed by atoms with Gasteiger partial charge in [0.2, 0.25) is 0 Å². The number of esters is 1. The lowest BCUT2D eigenvalue weighted by Gasteiger charge is -2.05. The first-order valence-electron chi connectivity index (χ1n) is 6.05. The van der Waals surface area contributed by atoms with Gasteiger partial charge in [0.05, 0.1) is 6.26 Å². The molecule has 2 aromatic rings. The van der Waals surface area contributed by atoms with Crippen LogP contribution in [0.1, 0.15) is 12.5 Å². The van der Waals surface area contributed by atoms with Crippen LogP contribution < -0.4 is 10.5 Å². The highest BCUT2D eigenvalue weighted by Crippen LogP contribution is 2.22. The van der Waals surface area contributed by atoms with Crippen LogP contribution in [0.3, 0.4) is 0 Å². The van der Waals surface area contributed by atoms with Crippen LogP contribution >= 0.6 is 0 Å². The van der Waals surface area contributed by atoms with Crippen LogP contribution in [-0.4, -0.2) is 31.0 Å². The Morgan fingerprint density at radius 1 is 1.18 bits per heavy atom. The molecule has 0 aliphatic rings. The summed E-state index contributed by atoms with van der Waals surface area (Å²) in [4.78, 5) is 10.8. The average Bonchev–Trinajstić information content (AvgIpc) is 2.35. The third-order valence-electron chi connectivity index (χ3n) is 2.38. The number of fused-ring (bicyclic) bond motifs is 1. The van der Waals surface area contributed by atoms with Gasteiger partial charge in [-0.15, -0.1) is 0 Å². The molecular formula is C14H16N2O5S. The summed E-state index contributed by atoms with van der Waals surface area (Å²) in [6.07, 6.45) is 0.715. The molecule has 0 aliphatic heterocycles. The summed E-state index contributed by atoms with van der Waals surface area (Å²) in [6.45, 7) is 1.36. The van der Waals surface area contributed by atoms with Gasteiger partial charge in [-0.05, 0) is 29.0 Å². The second-order valence-electron chi connectivity index (χ2n) is 4.46. The van der Waals surface area contributed by atoms with Crippen LogP contribution in [0.5, 0.6) is 5.75 Å². The quantitative estimate of drug-likeness (QED) is 0.252. The third-order valence-corrected chi connectivity index (χ3v) is 2.38. The Hall–Kier alpha value is -2.45. The molecule has 0 atom stereocenters.